The standard InChI is InChI=1S/C23H23N5O2S2/c1-3-8-15-13-21(29)26-23(24-15)28-20(14-17(27-28)19-11-7-12-32-19)25-22(30)16-9-5-6-10-18(16)31-4-2/h5-7,9-14H,3-4,8H2,1-2H3,(H,25,30)(H,24,26,29). The normalized spacial score (nSPS) is 10.9. The summed E-state index contributed by atoms with van der Waals surface area (Å²) >= 11 is 3.16. The summed E-state index contributed by atoms with van der Waals surface area (Å²) < 4.78 is 1.49. The molecular weight excluding hydrogens is 442 g/mol. The maximum atomic E-state index is 13.2. The van der Waals surface area contributed by atoms with E-state index < -0.39 is 0 Å². The fraction of sp³-hybridized carbons (Fsp3) is 0.217. The summed E-state index contributed by atoms with van der Waals surface area (Å²) in [6.07, 6.45) is 1.55. The van der Waals surface area contributed by atoms with Gasteiger partial charge in [-0.2, -0.15) is 9.78 Å². The lowest BCUT2D eigenvalue weighted by molar-refractivity contribution is 0.102. The van der Waals surface area contributed by atoms with E-state index in [1.807, 2.05) is 49.6 Å². The smallest absolute Gasteiger partial charge is 0.257 e. The molecule has 1 aromatic carbocycles. The van der Waals surface area contributed by atoms with Crippen molar-refractivity contribution >= 4 is 34.8 Å². The minimum absolute atomic E-state index is 0.243. The number of aryl methyl sites for hydroxylation is 1. The first kappa shape index (κ1) is 22.0. The van der Waals surface area contributed by atoms with Crippen molar-refractivity contribution in [2.24, 2.45) is 0 Å². The van der Waals surface area contributed by atoms with Crippen molar-refractivity contribution < 1.29 is 4.79 Å². The number of H-pyrrole nitrogens is 1. The molecule has 1 amide bonds. The van der Waals surface area contributed by atoms with Gasteiger partial charge in [0.15, 0.2) is 0 Å². The lowest BCUT2D eigenvalue weighted by atomic mass is 10.2. The van der Waals surface area contributed by atoms with Crippen molar-refractivity contribution in [2.75, 3.05) is 11.1 Å². The Morgan fingerprint density at radius 1 is 1.19 bits per heavy atom. The number of hydrogen-bond acceptors (Lipinski definition) is 6. The Balaban J connectivity index is 1.77. The van der Waals surface area contributed by atoms with E-state index in [1.54, 1.807) is 35.2 Å². The number of anilines is 1. The van der Waals surface area contributed by atoms with Gasteiger partial charge in [-0.25, -0.2) is 4.98 Å². The Bertz CT molecular complexity index is 1280. The molecule has 3 heterocycles. The molecule has 0 atom stereocenters. The summed E-state index contributed by atoms with van der Waals surface area (Å²) in [5.74, 6) is 1.33. The number of carbonyl (C=O) groups excluding carboxylic acids is 1. The van der Waals surface area contributed by atoms with E-state index in [0.717, 1.165) is 21.9 Å². The first-order chi connectivity index (χ1) is 15.6. The average Bonchev–Trinajstić information content (AvgIpc) is 3.44. The number of rotatable bonds is 8. The topological polar surface area (TPSA) is 92.7 Å². The van der Waals surface area contributed by atoms with Crippen LogP contribution < -0.4 is 10.9 Å². The molecular formula is C23H23N5O2S2. The maximum absolute atomic E-state index is 13.2. The summed E-state index contributed by atoms with van der Waals surface area (Å²) in [6, 6.07) is 14.7. The zero-order valence-corrected chi connectivity index (χ0v) is 19.4. The van der Waals surface area contributed by atoms with Crippen molar-refractivity contribution in [3.8, 4) is 16.5 Å². The van der Waals surface area contributed by atoms with Crippen LogP contribution in [0.4, 0.5) is 5.82 Å². The number of aromatic amines is 1. The fourth-order valence-electron chi connectivity index (χ4n) is 3.27. The largest absolute Gasteiger partial charge is 0.306 e. The molecule has 164 valence electrons. The Morgan fingerprint density at radius 2 is 2.03 bits per heavy atom. The van der Waals surface area contributed by atoms with E-state index in [0.29, 0.717) is 29.2 Å². The highest BCUT2D eigenvalue weighted by Crippen LogP contribution is 2.28. The zero-order valence-electron chi connectivity index (χ0n) is 17.8. The molecule has 0 spiro atoms. The number of nitrogens with zero attached hydrogens (tertiary/aromatic N) is 3. The number of aromatic nitrogens is 4. The number of benzene rings is 1. The van der Waals surface area contributed by atoms with Crippen molar-refractivity contribution in [3.05, 3.63) is 75.5 Å². The van der Waals surface area contributed by atoms with E-state index in [9.17, 15) is 9.59 Å². The summed E-state index contributed by atoms with van der Waals surface area (Å²) in [4.78, 5) is 34.6. The van der Waals surface area contributed by atoms with Crippen LogP contribution in [0.2, 0.25) is 0 Å². The summed E-state index contributed by atoms with van der Waals surface area (Å²) in [7, 11) is 0. The molecule has 0 bridgehead atoms. The van der Waals surface area contributed by atoms with Crippen molar-refractivity contribution in [2.45, 2.75) is 31.6 Å². The van der Waals surface area contributed by atoms with Gasteiger partial charge in [0.1, 0.15) is 11.5 Å². The Labute approximate surface area is 193 Å². The molecule has 4 rings (SSSR count). The quantitative estimate of drug-likeness (QED) is 0.357. The van der Waals surface area contributed by atoms with E-state index in [2.05, 4.69) is 20.4 Å². The van der Waals surface area contributed by atoms with Gasteiger partial charge in [-0.1, -0.05) is 38.5 Å². The van der Waals surface area contributed by atoms with Crippen LogP contribution in [0.3, 0.4) is 0 Å². The lowest BCUT2D eigenvalue weighted by Gasteiger charge is -2.11. The van der Waals surface area contributed by atoms with Gasteiger partial charge in [0.2, 0.25) is 5.95 Å². The number of hydrogen-bond donors (Lipinski definition) is 2. The van der Waals surface area contributed by atoms with Gasteiger partial charge in [0.05, 0.1) is 10.4 Å². The number of carbonyl (C=O) groups is 1. The average molecular weight is 466 g/mol. The molecule has 7 nitrogen and oxygen atoms in total. The predicted molar refractivity (Wildman–Crippen MR) is 130 cm³/mol. The van der Waals surface area contributed by atoms with Crippen LogP contribution in [0.25, 0.3) is 16.5 Å². The Kier molecular flexibility index (Phi) is 6.87. The fourth-order valence-corrected chi connectivity index (χ4v) is 4.76. The highest BCUT2D eigenvalue weighted by molar-refractivity contribution is 7.99. The molecule has 0 aliphatic carbocycles. The molecule has 0 radical (unpaired) electrons. The zero-order chi connectivity index (χ0) is 22.5. The highest BCUT2D eigenvalue weighted by Gasteiger charge is 2.18. The first-order valence-corrected chi connectivity index (χ1v) is 12.2. The third-order valence-corrected chi connectivity index (χ3v) is 6.49. The van der Waals surface area contributed by atoms with Gasteiger partial charge in [0.25, 0.3) is 11.5 Å². The second-order valence-corrected chi connectivity index (χ2v) is 9.25. The van der Waals surface area contributed by atoms with Crippen molar-refractivity contribution in [1.29, 1.82) is 0 Å². The molecule has 0 fully saturated rings. The molecule has 9 heteroatoms. The molecule has 4 aromatic rings. The molecule has 0 aliphatic heterocycles. The monoisotopic (exact) mass is 465 g/mol. The van der Waals surface area contributed by atoms with Crippen LogP contribution >= 0.6 is 23.1 Å². The van der Waals surface area contributed by atoms with Gasteiger partial charge in [-0.3, -0.25) is 14.6 Å². The minimum atomic E-state index is -0.256. The third kappa shape index (κ3) is 4.84. The van der Waals surface area contributed by atoms with E-state index >= 15 is 0 Å². The third-order valence-electron chi connectivity index (χ3n) is 4.65. The van der Waals surface area contributed by atoms with Gasteiger partial charge >= 0.3 is 0 Å². The molecule has 3 aromatic heterocycles. The van der Waals surface area contributed by atoms with Crippen LogP contribution in [-0.2, 0) is 6.42 Å². The summed E-state index contributed by atoms with van der Waals surface area (Å²) in [5.41, 5.74) is 1.70. The van der Waals surface area contributed by atoms with Gasteiger partial charge in [0, 0.05) is 22.7 Å². The first-order valence-electron chi connectivity index (χ1n) is 10.4. The molecule has 0 saturated heterocycles. The number of amides is 1. The van der Waals surface area contributed by atoms with Crippen LogP contribution in [0.5, 0.6) is 0 Å². The van der Waals surface area contributed by atoms with E-state index in [4.69, 9.17) is 0 Å². The maximum Gasteiger partial charge on any atom is 0.257 e. The van der Waals surface area contributed by atoms with Gasteiger partial charge < -0.3 is 5.32 Å². The van der Waals surface area contributed by atoms with Gasteiger partial charge in [-0.05, 0) is 35.8 Å². The summed E-state index contributed by atoms with van der Waals surface area (Å²) in [6.45, 7) is 4.08. The molecule has 32 heavy (non-hydrogen) atoms. The number of nitrogens with one attached hydrogen (secondary N) is 2. The molecule has 0 unspecified atom stereocenters. The molecule has 2 N–H and O–H groups in total. The highest BCUT2D eigenvalue weighted by atomic mass is 32.2. The molecule has 0 aliphatic rings. The van der Waals surface area contributed by atoms with Crippen molar-refractivity contribution in [3.63, 3.8) is 0 Å². The summed E-state index contributed by atoms with van der Waals surface area (Å²) in [5, 5.41) is 9.58. The Hall–Kier alpha value is -3.17. The minimum Gasteiger partial charge on any atom is -0.306 e. The second-order valence-electron chi connectivity index (χ2n) is 7.00. The number of thioether (sulfide) groups is 1. The Morgan fingerprint density at radius 3 is 2.78 bits per heavy atom. The van der Waals surface area contributed by atoms with Crippen LogP contribution in [-0.4, -0.2) is 31.4 Å². The van der Waals surface area contributed by atoms with E-state index in [-0.39, 0.29) is 17.4 Å². The predicted octanol–water partition coefficient (Wildman–Crippen LogP) is 5.00. The second kappa shape index (κ2) is 9.97. The van der Waals surface area contributed by atoms with E-state index in [1.165, 1.54) is 10.7 Å². The van der Waals surface area contributed by atoms with Crippen molar-refractivity contribution in [1.82, 2.24) is 19.7 Å². The van der Waals surface area contributed by atoms with Crippen LogP contribution in [0, 0.1) is 0 Å². The molecule has 0 saturated carbocycles. The lowest BCUT2D eigenvalue weighted by Crippen LogP contribution is -2.19. The van der Waals surface area contributed by atoms with Crippen LogP contribution in [0.1, 0.15) is 36.3 Å². The van der Waals surface area contributed by atoms with Gasteiger partial charge in [-0.15, -0.1) is 23.1 Å². The SMILES string of the molecule is CCCc1cc(=O)[nH]c(-n2nc(-c3cccs3)cc2NC(=O)c2ccccc2SCC)n1. The number of thiophene rings is 1. The van der Waals surface area contributed by atoms with Crippen LogP contribution in [0.15, 0.2) is 63.6 Å².